The minimum atomic E-state index is -0.157. The Morgan fingerprint density at radius 3 is 3.00 bits per heavy atom. The number of hydrogen-bond acceptors (Lipinski definition) is 3. The summed E-state index contributed by atoms with van der Waals surface area (Å²) >= 11 is 0. The number of rotatable bonds is 4. The molecule has 2 aromatic rings. The number of benzene rings is 1. The van der Waals surface area contributed by atoms with Crippen LogP contribution in [0.3, 0.4) is 0 Å². The number of carbonyl (C=O) groups is 1. The second-order valence-corrected chi connectivity index (χ2v) is 5.79. The molecule has 3 rings (SSSR count). The van der Waals surface area contributed by atoms with Crippen molar-refractivity contribution in [3.05, 3.63) is 64.1 Å². The highest BCUT2D eigenvalue weighted by Gasteiger charge is 2.29. The molecule has 2 heterocycles. The summed E-state index contributed by atoms with van der Waals surface area (Å²) in [6, 6.07) is 10.9. The summed E-state index contributed by atoms with van der Waals surface area (Å²) < 4.78 is 5.26. The van der Waals surface area contributed by atoms with Gasteiger partial charge in [-0.05, 0) is 37.0 Å². The SMILES string of the molecule is COc1cccc(CC2CCCN2C(=O)c2cc(=O)cc[nH]2)c1. The molecule has 0 aliphatic carbocycles. The quantitative estimate of drug-likeness (QED) is 0.941. The second-order valence-electron chi connectivity index (χ2n) is 5.79. The molecule has 5 nitrogen and oxygen atoms in total. The minimum Gasteiger partial charge on any atom is -0.497 e. The number of nitrogens with one attached hydrogen (secondary N) is 1. The number of pyridine rings is 1. The van der Waals surface area contributed by atoms with Crippen molar-refractivity contribution >= 4 is 5.91 Å². The van der Waals surface area contributed by atoms with E-state index in [4.69, 9.17) is 4.74 Å². The largest absolute Gasteiger partial charge is 0.497 e. The van der Waals surface area contributed by atoms with E-state index < -0.39 is 0 Å². The summed E-state index contributed by atoms with van der Waals surface area (Å²) in [5, 5.41) is 0. The van der Waals surface area contributed by atoms with E-state index in [9.17, 15) is 9.59 Å². The minimum absolute atomic E-state index is 0.104. The molecule has 1 atom stereocenters. The van der Waals surface area contributed by atoms with E-state index in [1.165, 1.54) is 18.3 Å². The average molecular weight is 312 g/mol. The van der Waals surface area contributed by atoms with E-state index in [0.717, 1.165) is 37.1 Å². The number of hydrogen-bond donors (Lipinski definition) is 1. The van der Waals surface area contributed by atoms with Crippen LogP contribution >= 0.6 is 0 Å². The van der Waals surface area contributed by atoms with Crippen molar-refractivity contribution in [3.63, 3.8) is 0 Å². The number of nitrogens with zero attached hydrogens (tertiary/aromatic N) is 1. The van der Waals surface area contributed by atoms with Crippen molar-refractivity contribution in [1.29, 1.82) is 0 Å². The van der Waals surface area contributed by atoms with E-state index in [1.54, 1.807) is 7.11 Å². The topological polar surface area (TPSA) is 62.4 Å². The van der Waals surface area contributed by atoms with Crippen LogP contribution in [0.5, 0.6) is 5.75 Å². The second kappa shape index (κ2) is 6.69. The summed E-state index contributed by atoms with van der Waals surface area (Å²) in [7, 11) is 1.65. The van der Waals surface area contributed by atoms with Gasteiger partial charge >= 0.3 is 0 Å². The van der Waals surface area contributed by atoms with E-state index in [2.05, 4.69) is 4.98 Å². The fourth-order valence-corrected chi connectivity index (χ4v) is 3.11. The van der Waals surface area contributed by atoms with Crippen molar-refractivity contribution in [2.45, 2.75) is 25.3 Å². The number of amides is 1. The fraction of sp³-hybridized carbons (Fsp3) is 0.333. The predicted molar refractivity (Wildman–Crippen MR) is 87.8 cm³/mol. The Kier molecular flexibility index (Phi) is 4.46. The maximum atomic E-state index is 12.7. The molecule has 1 aromatic carbocycles. The third-order valence-corrected chi connectivity index (χ3v) is 4.25. The van der Waals surface area contributed by atoms with Gasteiger partial charge in [-0.1, -0.05) is 12.1 Å². The molecule has 5 heteroatoms. The normalized spacial score (nSPS) is 17.3. The van der Waals surface area contributed by atoms with Gasteiger partial charge < -0.3 is 14.6 Å². The molecule has 1 aromatic heterocycles. The first kappa shape index (κ1) is 15.3. The number of aromatic nitrogens is 1. The molecular weight excluding hydrogens is 292 g/mol. The zero-order chi connectivity index (χ0) is 16.2. The first-order chi connectivity index (χ1) is 11.2. The summed E-state index contributed by atoms with van der Waals surface area (Å²) in [6.07, 6.45) is 4.26. The summed E-state index contributed by atoms with van der Waals surface area (Å²) in [4.78, 5) is 28.8. The number of carbonyl (C=O) groups excluding carboxylic acids is 1. The van der Waals surface area contributed by atoms with Crippen molar-refractivity contribution in [2.75, 3.05) is 13.7 Å². The monoisotopic (exact) mass is 312 g/mol. The highest BCUT2D eigenvalue weighted by Crippen LogP contribution is 2.24. The Balaban J connectivity index is 1.77. The van der Waals surface area contributed by atoms with Gasteiger partial charge in [0, 0.05) is 30.9 Å². The van der Waals surface area contributed by atoms with Gasteiger partial charge in [-0.15, -0.1) is 0 Å². The highest BCUT2D eigenvalue weighted by molar-refractivity contribution is 5.92. The molecular formula is C18H20N2O3. The Labute approximate surface area is 134 Å². The number of methoxy groups -OCH3 is 1. The Bertz CT molecular complexity index is 754. The Morgan fingerprint density at radius 2 is 2.22 bits per heavy atom. The lowest BCUT2D eigenvalue weighted by atomic mass is 10.0. The summed E-state index contributed by atoms with van der Waals surface area (Å²) in [5.74, 6) is 0.721. The molecule has 0 saturated carbocycles. The van der Waals surface area contributed by atoms with Gasteiger partial charge in [0.2, 0.25) is 0 Å². The van der Waals surface area contributed by atoms with Crippen molar-refractivity contribution < 1.29 is 9.53 Å². The van der Waals surface area contributed by atoms with Gasteiger partial charge in [0.25, 0.3) is 5.91 Å². The molecule has 1 aliphatic rings. The van der Waals surface area contributed by atoms with E-state index >= 15 is 0 Å². The van der Waals surface area contributed by atoms with Crippen molar-refractivity contribution in [3.8, 4) is 5.75 Å². The summed E-state index contributed by atoms with van der Waals surface area (Å²) in [5.41, 5.74) is 1.35. The lowest BCUT2D eigenvalue weighted by molar-refractivity contribution is 0.0730. The maximum Gasteiger partial charge on any atom is 0.270 e. The van der Waals surface area contributed by atoms with E-state index in [0.29, 0.717) is 5.69 Å². The van der Waals surface area contributed by atoms with Gasteiger partial charge in [-0.3, -0.25) is 9.59 Å². The maximum absolute atomic E-state index is 12.7. The van der Waals surface area contributed by atoms with Crippen molar-refractivity contribution in [1.82, 2.24) is 9.88 Å². The highest BCUT2D eigenvalue weighted by atomic mass is 16.5. The molecule has 0 radical (unpaired) electrons. The van der Waals surface area contributed by atoms with Crippen LogP contribution in [-0.4, -0.2) is 35.5 Å². The number of aromatic amines is 1. The fourth-order valence-electron chi connectivity index (χ4n) is 3.11. The predicted octanol–water partition coefficient (Wildman–Crippen LogP) is 2.23. The van der Waals surface area contributed by atoms with Gasteiger partial charge in [-0.25, -0.2) is 0 Å². The molecule has 120 valence electrons. The van der Waals surface area contributed by atoms with Crippen LogP contribution in [-0.2, 0) is 6.42 Å². The van der Waals surface area contributed by atoms with Crippen LogP contribution < -0.4 is 10.2 Å². The third-order valence-electron chi connectivity index (χ3n) is 4.25. The van der Waals surface area contributed by atoms with Gasteiger partial charge in [0.15, 0.2) is 5.43 Å². The molecule has 1 N–H and O–H groups in total. The molecule has 1 fully saturated rings. The lowest BCUT2D eigenvalue weighted by Gasteiger charge is -2.25. The third kappa shape index (κ3) is 3.44. The Hall–Kier alpha value is -2.56. The first-order valence-corrected chi connectivity index (χ1v) is 7.80. The molecule has 0 spiro atoms. The van der Waals surface area contributed by atoms with Crippen LogP contribution in [0.25, 0.3) is 0 Å². The standard InChI is InChI=1S/C18H20N2O3/c1-23-16-6-2-4-13(11-16)10-14-5-3-9-20(14)18(22)17-12-15(21)7-8-19-17/h2,4,6-8,11-12,14H,3,5,9-10H2,1H3,(H,19,21). The zero-order valence-corrected chi connectivity index (χ0v) is 13.1. The van der Waals surface area contributed by atoms with Gasteiger partial charge in [-0.2, -0.15) is 0 Å². The molecule has 1 amide bonds. The first-order valence-electron chi connectivity index (χ1n) is 7.80. The number of H-pyrrole nitrogens is 1. The van der Waals surface area contributed by atoms with Crippen LogP contribution in [0.2, 0.25) is 0 Å². The van der Waals surface area contributed by atoms with E-state index in [-0.39, 0.29) is 17.4 Å². The molecule has 1 saturated heterocycles. The average Bonchev–Trinajstić information content (AvgIpc) is 3.02. The molecule has 0 bridgehead atoms. The van der Waals surface area contributed by atoms with Crippen LogP contribution in [0.1, 0.15) is 28.9 Å². The van der Waals surface area contributed by atoms with Crippen LogP contribution in [0.15, 0.2) is 47.4 Å². The molecule has 1 unspecified atom stereocenters. The number of ether oxygens (including phenoxy) is 1. The van der Waals surface area contributed by atoms with E-state index in [1.807, 2.05) is 29.2 Å². The molecule has 1 aliphatic heterocycles. The summed E-state index contributed by atoms with van der Waals surface area (Å²) in [6.45, 7) is 0.727. The van der Waals surface area contributed by atoms with Crippen LogP contribution in [0.4, 0.5) is 0 Å². The Morgan fingerprint density at radius 1 is 1.35 bits per heavy atom. The number of likely N-dealkylation sites (tertiary alicyclic amines) is 1. The van der Waals surface area contributed by atoms with Crippen LogP contribution in [0, 0.1) is 0 Å². The lowest BCUT2D eigenvalue weighted by Crippen LogP contribution is -2.37. The smallest absolute Gasteiger partial charge is 0.270 e. The van der Waals surface area contributed by atoms with Gasteiger partial charge in [0.05, 0.1) is 7.11 Å². The van der Waals surface area contributed by atoms with Crippen molar-refractivity contribution in [2.24, 2.45) is 0 Å². The molecule has 23 heavy (non-hydrogen) atoms. The zero-order valence-electron chi connectivity index (χ0n) is 13.1. The van der Waals surface area contributed by atoms with Gasteiger partial charge in [0.1, 0.15) is 11.4 Å².